The van der Waals surface area contributed by atoms with E-state index < -0.39 is 20.6 Å². The van der Waals surface area contributed by atoms with Crippen LogP contribution in [0.2, 0.25) is 11.4 Å². The van der Waals surface area contributed by atoms with Gasteiger partial charge in [-0.3, -0.25) is 0 Å². The summed E-state index contributed by atoms with van der Waals surface area (Å²) in [7, 11) is 0. The summed E-state index contributed by atoms with van der Waals surface area (Å²) in [5.41, 5.74) is 4.78. The molecule has 2 nitrogen and oxygen atoms in total. The third-order valence-electron chi connectivity index (χ3n) is 1.61. The van der Waals surface area contributed by atoms with Crippen LogP contribution in [0.5, 0.6) is 0 Å². The van der Waals surface area contributed by atoms with Crippen LogP contribution in [0, 0.1) is 0 Å². The molecule has 64 valence electrons. The van der Waals surface area contributed by atoms with E-state index in [1.54, 1.807) is 12.1 Å². The molecule has 0 saturated carbocycles. The van der Waals surface area contributed by atoms with Gasteiger partial charge in [0, 0.05) is 0 Å². The van der Waals surface area contributed by atoms with Crippen molar-refractivity contribution in [1.29, 1.82) is 0 Å². The number of carboxylic acid groups (broad SMARTS) is 1. The Balaban J connectivity index is 3.04. The molecule has 1 N–H and O–H groups in total. The molecule has 0 fully saturated rings. The summed E-state index contributed by atoms with van der Waals surface area (Å²) in [5, 5.41) is 8.71. The molecule has 0 heterocycles. The fourth-order valence-corrected chi connectivity index (χ4v) is 2.56. The van der Waals surface area contributed by atoms with Gasteiger partial charge in [0.1, 0.15) is 0 Å². The van der Waals surface area contributed by atoms with Gasteiger partial charge in [0.2, 0.25) is 0 Å². The second kappa shape index (κ2) is 3.77. The Labute approximate surface area is 76.5 Å². The molecule has 0 aliphatic heterocycles. The third-order valence-corrected chi connectivity index (χ3v) is 4.36. The van der Waals surface area contributed by atoms with Crippen LogP contribution in [0.3, 0.4) is 0 Å². The monoisotopic (exact) mass is 226 g/mol. The van der Waals surface area contributed by atoms with Gasteiger partial charge >= 0.3 is 76.1 Å². The van der Waals surface area contributed by atoms with E-state index in [1.807, 2.05) is 12.1 Å². The standard InChI is InChI=1S/C9H11AsO2/c1-10(2)8-5-3-4-7(6-8)9(11)12/h3-6H,1-2H3,(H,11,12). The van der Waals surface area contributed by atoms with Gasteiger partial charge in [0.15, 0.2) is 0 Å². The van der Waals surface area contributed by atoms with Gasteiger partial charge in [-0.05, 0) is 0 Å². The summed E-state index contributed by atoms with van der Waals surface area (Å²) >= 11 is -0.923. The third kappa shape index (κ3) is 2.12. The average Bonchev–Trinajstić information content (AvgIpc) is 2.04. The zero-order valence-electron chi connectivity index (χ0n) is 7.11. The normalized spacial score (nSPS) is 10.2. The zero-order chi connectivity index (χ0) is 9.14. The van der Waals surface area contributed by atoms with Crippen molar-refractivity contribution in [3.05, 3.63) is 29.8 Å². The van der Waals surface area contributed by atoms with Gasteiger partial charge in [0.25, 0.3) is 0 Å². The van der Waals surface area contributed by atoms with E-state index in [2.05, 4.69) is 11.4 Å². The molecule has 3 heteroatoms. The summed E-state index contributed by atoms with van der Waals surface area (Å²) in [6, 6.07) is 7.23. The molecular formula is C9H11AsO2. The first-order chi connectivity index (χ1) is 5.61. The van der Waals surface area contributed by atoms with Crippen molar-refractivity contribution >= 4 is 25.0 Å². The second-order valence-electron chi connectivity index (χ2n) is 2.75. The Morgan fingerprint density at radius 1 is 1.42 bits per heavy atom. The van der Waals surface area contributed by atoms with E-state index >= 15 is 0 Å². The maximum absolute atomic E-state index is 10.6. The molecular weight excluding hydrogens is 215 g/mol. The number of aromatic carboxylic acids is 1. The van der Waals surface area contributed by atoms with E-state index in [1.165, 1.54) is 4.35 Å². The van der Waals surface area contributed by atoms with Crippen LogP contribution < -0.4 is 4.35 Å². The summed E-state index contributed by atoms with van der Waals surface area (Å²) in [6.07, 6.45) is 0. The molecule has 1 aromatic carbocycles. The molecule has 0 unspecified atom stereocenters. The van der Waals surface area contributed by atoms with Crippen LogP contribution in [0.1, 0.15) is 10.4 Å². The van der Waals surface area contributed by atoms with Crippen LogP contribution in [0.4, 0.5) is 0 Å². The van der Waals surface area contributed by atoms with Gasteiger partial charge in [-0.15, -0.1) is 0 Å². The molecule has 0 amide bonds. The molecule has 1 aromatic rings. The van der Waals surface area contributed by atoms with E-state index in [4.69, 9.17) is 5.11 Å². The average molecular weight is 226 g/mol. The SMILES string of the molecule is C[As](C)c1cccc(C(=O)O)c1. The summed E-state index contributed by atoms with van der Waals surface area (Å²) in [5.74, 6) is -0.840. The summed E-state index contributed by atoms with van der Waals surface area (Å²) < 4.78 is 1.21. The van der Waals surface area contributed by atoms with Gasteiger partial charge in [-0.2, -0.15) is 0 Å². The predicted octanol–water partition coefficient (Wildman–Crippen LogP) is 1.35. The van der Waals surface area contributed by atoms with Gasteiger partial charge < -0.3 is 0 Å². The molecule has 0 aliphatic rings. The number of carbonyl (C=O) groups is 1. The van der Waals surface area contributed by atoms with E-state index in [9.17, 15) is 4.79 Å². The number of benzene rings is 1. The fourth-order valence-electron chi connectivity index (χ4n) is 0.917. The van der Waals surface area contributed by atoms with Crippen molar-refractivity contribution in [2.75, 3.05) is 0 Å². The molecule has 0 radical (unpaired) electrons. The predicted molar refractivity (Wildman–Crippen MR) is 50.5 cm³/mol. The van der Waals surface area contributed by atoms with E-state index in [0.717, 1.165) is 0 Å². The van der Waals surface area contributed by atoms with E-state index in [0.29, 0.717) is 5.56 Å². The first-order valence-corrected chi connectivity index (χ1v) is 8.31. The van der Waals surface area contributed by atoms with Crippen LogP contribution in [0.15, 0.2) is 24.3 Å². The van der Waals surface area contributed by atoms with Crippen LogP contribution in [-0.4, -0.2) is 25.7 Å². The molecule has 0 saturated heterocycles. The number of carboxylic acids is 1. The van der Waals surface area contributed by atoms with E-state index in [-0.39, 0.29) is 0 Å². The topological polar surface area (TPSA) is 37.3 Å². The minimum atomic E-state index is -0.923. The van der Waals surface area contributed by atoms with Crippen LogP contribution in [0.25, 0.3) is 0 Å². The second-order valence-corrected chi connectivity index (χ2v) is 7.59. The Hall–Kier alpha value is -0.752. The van der Waals surface area contributed by atoms with Gasteiger partial charge in [-0.1, -0.05) is 0 Å². The molecule has 0 bridgehead atoms. The molecule has 0 aromatic heterocycles. The molecule has 0 atom stereocenters. The quantitative estimate of drug-likeness (QED) is 0.773. The fraction of sp³-hybridized carbons (Fsp3) is 0.222. The van der Waals surface area contributed by atoms with Crippen LogP contribution >= 0.6 is 0 Å². The summed E-state index contributed by atoms with van der Waals surface area (Å²) in [6.45, 7) is 0. The van der Waals surface area contributed by atoms with Crippen molar-refractivity contribution < 1.29 is 9.90 Å². The first-order valence-electron chi connectivity index (χ1n) is 3.62. The maximum atomic E-state index is 10.6. The Morgan fingerprint density at radius 2 is 2.08 bits per heavy atom. The molecule has 1 rings (SSSR count). The number of hydrogen-bond donors (Lipinski definition) is 1. The first kappa shape index (κ1) is 9.34. The van der Waals surface area contributed by atoms with Crippen molar-refractivity contribution in [1.82, 2.24) is 0 Å². The Morgan fingerprint density at radius 3 is 2.58 bits per heavy atom. The number of rotatable bonds is 2. The zero-order valence-corrected chi connectivity index (χ0v) is 8.99. The molecule has 0 spiro atoms. The summed E-state index contributed by atoms with van der Waals surface area (Å²) in [4.78, 5) is 10.6. The van der Waals surface area contributed by atoms with Crippen molar-refractivity contribution in [2.45, 2.75) is 11.4 Å². The van der Waals surface area contributed by atoms with Crippen molar-refractivity contribution in [3.8, 4) is 0 Å². The van der Waals surface area contributed by atoms with Crippen molar-refractivity contribution in [3.63, 3.8) is 0 Å². The van der Waals surface area contributed by atoms with Crippen molar-refractivity contribution in [2.24, 2.45) is 0 Å². The van der Waals surface area contributed by atoms with Gasteiger partial charge in [0.05, 0.1) is 0 Å². The molecule has 0 aliphatic carbocycles. The minimum absolute atomic E-state index is 0.399. The van der Waals surface area contributed by atoms with Crippen LogP contribution in [-0.2, 0) is 0 Å². The molecule has 12 heavy (non-hydrogen) atoms. The van der Waals surface area contributed by atoms with Gasteiger partial charge in [-0.25, -0.2) is 0 Å². The Kier molecular flexibility index (Phi) is 2.93. The number of hydrogen-bond acceptors (Lipinski definition) is 1. The Bertz CT molecular complexity index is 294.